The summed E-state index contributed by atoms with van der Waals surface area (Å²) in [5.41, 5.74) is 0.952. The van der Waals surface area contributed by atoms with Crippen molar-refractivity contribution in [2.24, 2.45) is 0 Å². The summed E-state index contributed by atoms with van der Waals surface area (Å²) in [6.07, 6.45) is 1.56. The molecule has 0 heterocycles. The number of carbonyl (C=O) groups excluding carboxylic acids is 1. The van der Waals surface area contributed by atoms with Gasteiger partial charge in [-0.1, -0.05) is 30.3 Å². The third kappa shape index (κ3) is 3.22. The average molecular weight is 230 g/mol. The summed E-state index contributed by atoms with van der Waals surface area (Å²) < 4.78 is 5.18. The zero-order valence-electron chi connectivity index (χ0n) is 9.50. The van der Waals surface area contributed by atoms with E-state index in [4.69, 9.17) is 10.00 Å². The largest absolute Gasteiger partial charge is 0.445 e. The third-order valence-electron chi connectivity index (χ3n) is 2.67. The summed E-state index contributed by atoms with van der Waals surface area (Å²) in [6.45, 7) is 0.368. The van der Waals surface area contributed by atoms with Gasteiger partial charge in [-0.05, 0) is 18.4 Å². The predicted molar refractivity (Wildman–Crippen MR) is 62.0 cm³/mol. The van der Waals surface area contributed by atoms with Gasteiger partial charge in [0.05, 0.1) is 6.07 Å². The molecule has 1 amide bonds. The summed E-state index contributed by atoms with van der Waals surface area (Å²) in [7, 11) is 0. The molecule has 0 bridgehead atoms. The zero-order valence-corrected chi connectivity index (χ0v) is 9.50. The molecular weight excluding hydrogens is 216 g/mol. The molecule has 0 saturated heterocycles. The van der Waals surface area contributed by atoms with Crippen LogP contribution in [0.2, 0.25) is 0 Å². The lowest BCUT2D eigenvalue weighted by Crippen LogP contribution is -2.33. The van der Waals surface area contributed by atoms with Gasteiger partial charge >= 0.3 is 6.09 Å². The topological polar surface area (TPSA) is 53.3 Å². The van der Waals surface area contributed by atoms with E-state index in [1.807, 2.05) is 36.4 Å². The second kappa shape index (κ2) is 5.35. The van der Waals surface area contributed by atoms with E-state index in [-0.39, 0.29) is 19.2 Å². The molecule has 4 heteroatoms. The van der Waals surface area contributed by atoms with Gasteiger partial charge in [-0.25, -0.2) is 4.79 Å². The summed E-state index contributed by atoms with van der Waals surface area (Å²) in [5.74, 6) is 0. The van der Waals surface area contributed by atoms with Gasteiger partial charge in [0.2, 0.25) is 0 Å². The quantitative estimate of drug-likeness (QED) is 0.746. The van der Waals surface area contributed by atoms with Crippen LogP contribution in [0.5, 0.6) is 0 Å². The van der Waals surface area contributed by atoms with E-state index in [1.165, 1.54) is 4.90 Å². The van der Waals surface area contributed by atoms with Gasteiger partial charge in [0.15, 0.2) is 0 Å². The average Bonchev–Trinajstić information content (AvgIpc) is 3.18. The highest BCUT2D eigenvalue weighted by Crippen LogP contribution is 2.27. The van der Waals surface area contributed by atoms with E-state index in [1.54, 1.807) is 0 Å². The minimum atomic E-state index is -0.391. The molecule has 1 fully saturated rings. The fourth-order valence-corrected chi connectivity index (χ4v) is 1.61. The number of hydrogen-bond acceptors (Lipinski definition) is 3. The number of nitrogens with zero attached hydrogens (tertiary/aromatic N) is 2. The van der Waals surface area contributed by atoms with Crippen molar-refractivity contribution in [3.63, 3.8) is 0 Å². The summed E-state index contributed by atoms with van der Waals surface area (Å²) >= 11 is 0. The molecule has 17 heavy (non-hydrogen) atoms. The molecule has 0 unspecified atom stereocenters. The highest BCUT2D eigenvalue weighted by Gasteiger charge is 2.33. The van der Waals surface area contributed by atoms with Crippen LogP contribution in [0.15, 0.2) is 30.3 Å². The van der Waals surface area contributed by atoms with Gasteiger partial charge in [0.1, 0.15) is 13.2 Å². The fraction of sp³-hybridized carbons (Fsp3) is 0.385. The first-order valence-electron chi connectivity index (χ1n) is 5.65. The van der Waals surface area contributed by atoms with E-state index in [0.29, 0.717) is 0 Å². The van der Waals surface area contributed by atoms with Crippen molar-refractivity contribution in [2.45, 2.75) is 25.5 Å². The van der Waals surface area contributed by atoms with Crippen LogP contribution < -0.4 is 0 Å². The van der Waals surface area contributed by atoms with E-state index in [0.717, 1.165) is 18.4 Å². The Bertz CT molecular complexity index is 421. The highest BCUT2D eigenvalue weighted by atomic mass is 16.6. The molecule has 1 aliphatic carbocycles. The van der Waals surface area contributed by atoms with Crippen molar-refractivity contribution in [1.29, 1.82) is 5.26 Å². The minimum absolute atomic E-state index is 0.109. The predicted octanol–water partition coefficient (Wildman–Crippen LogP) is 2.31. The van der Waals surface area contributed by atoms with Crippen LogP contribution in [0.1, 0.15) is 18.4 Å². The first-order valence-corrected chi connectivity index (χ1v) is 5.65. The number of amides is 1. The number of rotatable bonds is 4. The lowest BCUT2D eigenvalue weighted by atomic mass is 10.2. The number of benzene rings is 1. The Labute approximate surface area is 100 Å². The molecule has 0 atom stereocenters. The Morgan fingerprint density at radius 2 is 2.12 bits per heavy atom. The van der Waals surface area contributed by atoms with Crippen molar-refractivity contribution in [2.75, 3.05) is 6.54 Å². The molecule has 1 saturated carbocycles. The van der Waals surface area contributed by atoms with E-state index < -0.39 is 6.09 Å². The van der Waals surface area contributed by atoms with Crippen molar-refractivity contribution in [3.05, 3.63) is 35.9 Å². The third-order valence-corrected chi connectivity index (χ3v) is 2.67. The maximum atomic E-state index is 11.7. The number of hydrogen-bond donors (Lipinski definition) is 0. The Hall–Kier alpha value is -2.02. The molecule has 88 valence electrons. The van der Waals surface area contributed by atoms with Crippen molar-refractivity contribution in [1.82, 2.24) is 4.90 Å². The molecular formula is C13H14N2O2. The van der Waals surface area contributed by atoms with Crippen molar-refractivity contribution in [3.8, 4) is 6.07 Å². The molecule has 0 radical (unpaired) electrons. The number of carbonyl (C=O) groups is 1. The molecule has 1 aromatic rings. The van der Waals surface area contributed by atoms with E-state index >= 15 is 0 Å². The fourth-order valence-electron chi connectivity index (χ4n) is 1.61. The molecule has 1 aromatic carbocycles. The Morgan fingerprint density at radius 3 is 2.71 bits per heavy atom. The second-order valence-corrected chi connectivity index (χ2v) is 4.06. The van der Waals surface area contributed by atoms with Crippen LogP contribution in [-0.4, -0.2) is 23.6 Å². The van der Waals surface area contributed by atoms with Crippen LogP contribution >= 0.6 is 0 Å². The minimum Gasteiger partial charge on any atom is -0.445 e. The van der Waals surface area contributed by atoms with Gasteiger partial charge in [-0.2, -0.15) is 5.26 Å². The van der Waals surface area contributed by atoms with Gasteiger partial charge in [-0.15, -0.1) is 0 Å². The zero-order chi connectivity index (χ0) is 12.1. The molecule has 0 N–H and O–H groups in total. The Kier molecular flexibility index (Phi) is 3.61. The van der Waals surface area contributed by atoms with Gasteiger partial charge in [-0.3, -0.25) is 4.90 Å². The smallest absolute Gasteiger partial charge is 0.411 e. The Balaban J connectivity index is 1.86. The van der Waals surface area contributed by atoms with Crippen LogP contribution in [0.4, 0.5) is 4.79 Å². The summed E-state index contributed by atoms with van der Waals surface area (Å²) in [4.78, 5) is 13.2. The van der Waals surface area contributed by atoms with Crippen LogP contribution in [0.25, 0.3) is 0 Å². The van der Waals surface area contributed by atoms with Crippen LogP contribution in [0, 0.1) is 11.3 Å². The maximum Gasteiger partial charge on any atom is 0.411 e. The maximum absolute atomic E-state index is 11.7. The standard InChI is InChI=1S/C13H14N2O2/c14-8-9-15(12-6-7-12)13(16)17-10-11-4-2-1-3-5-11/h1-5,12H,6-7,9-10H2. The Morgan fingerprint density at radius 1 is 1.41 bits per heavy atom. The first-order chi connectivity index (χ1) is 8.31. The highest BCUT2D eigenvalue weighted by molar-refractivity contribution is 5.68. The van der Waals surface area contributed by atoms with E-state index in [2.05, 4.69) is 0 Å². The molecule has 2 rings (SSSR count). The summed E-state index contributed by atoms with van der Waals surface area (Å²) in [6, 6.07) is 11.7. The lowest BCUT2D eigenvalue weighted by Gasteiger charge is -2.18. The molecule has 0 aliphatic heterocycles. The molecule has 4 nitrogen and oxygen atoms in total. The van der Waals surface area contributed by atoms with Crippen molar-refractivity contribution >= 4 is 6.09 Å². The lowest BCUT2D eigenvalue weighted by molar-refractivity contribution is 0.0982. The first kappa shape index (κ1) is 11.5. The van der Waals surface area contributed by atoms with Gasteiger partial charge in [0.25, 0.3) is 0 Å². The van der Waals surface area contributed by atoms with E-state index in [9.17, 15) is 4.79 Å². The summed E-state index contributed by atoms with van der Waals surface area (Å²) in [5, 5.41) is 8.65. The monoisotopic (exact) mass is 230 g/mol. The van der Waals surface area contributed by atoms with Crippen LogP contribution in [0.3, 0.4) is 0 Å². The SMILES string of the molecule is N#CCN(C(=O)OCc1ccccc1)C1CC1. The molecule has 1 aliphatic rings. The van der Waals surface area contributed by atoms with Gasteiger partial charge < -0.3 is 4.74 Å². The number of ether oxygens (including phenoxy) is 1. The van der Waals surface area contributed by atoms with Crippen LogP contribution in [-0.2, 0) is 11.3 Å². The second-order valence-electron chi connectivity index (χ2n) is 4.06. The molecule has 0 spiro atoms. The molecule has 0 aromatic heterocycles. The normalized spacial score (nSPS) is 13.8. The van der Waals surface area contributed by atoms with Gasteiger partial charge in [0, 0.05) is 6.04 Å². The van der Waals surface area contributed by atoms with Crippen molar-refractivity contribution < 1.29 is 9.53 Å². The number of nitriles is 1.